The number of ether oxygens (including phenoxy) is 1. The fourth-order valence-electron chi connectivity index (χ4n) is 4.15. The van der Waals surface area contributed by atoms with Crippen LogP contribution in [0.2, 0.25) is 0 Å². The third-order valence-corrected chi connectivity index (χ3v) is 5.31. The zero-order valence-electron chi connectivity index (χ0n) is 18.3. The van der Waals surface area contributed by atoms with Gasteiger partial charge in [0.1, 0.15) is 0 Å². The zero-order valence-corrected chi connectivity index (χ0v) is 20.6. The van der Waals surface area contributed by atoms with Gasteiger partial charge in [-0.2, -0.15) is 0 Å². The van der Waals surface area contributed by atoms with Crippen LogP contribution in [0.3, 0.4) is 0 Å². The number of guanidine groups is 1. The second-order valence-corrected chi connectivity index (χ2v) is 8.02. The van der Waals surface area contributed by atoms with Crippen molar-refractivity contribution in [2.75, 3.05) is 50.7 Å². The first kappa shape index (κ1) is 25.1. The summed E-state index contributed by atoms with van der Waals surface area (Å²) in [6, 6.07) is 3.32. The van der Waals surface area contributed by atoms with Gasteiger partial charge in [0.25, 0.3) is 0 Å². The third-order valence-electron chi connectivity index (χ3n) is 5.31. The number of anilines is 1. The number of nitrogens with zero attached hydrogens (tertiary/aromatic N) is 4. The van der Waals surface area contributed by atoms with Gasteiger partial charge in [0.15, 0.2) is 17.6 Å². The van der Waals surface area contributed by atoms with Crippen LogP contribution >= 0.6 is 24.0 Å². The first-order chi connectivity index (χ1) is 14.0. The summed E-state index contributed by atoms with van der Waals surface area (Å²) in [5.41, 5.74) is 0. The number of morpholine rings is 1. The molecule has 3 heterocycles. The van der Waals surface area contributed by atoms with Gasteiger partial charge in [-0.15, -0.1) is 24.0 Å². The van der Waals surface area contributed by atoms with E-state index in [1.165, 1.54) is 6.07 Å². The molecule has 1 aromatic rings. The highest BCUT2D eigenvalue weighted by molar-refractivity contribution is 14.0. The van der Waals surface area contributed by atoms with Crippen molar-refractivity contribution in [2.24, 2.45) is 4.99 Å². The molecule has 2 aliphatic rings. The van der Waals surface area contributed by atoms with Crippen molar-refractivity contribution < 1.29 is 9.13 Å². The molecule has 30 heavy (non-hydrogen) atoms. The molecule has 2 fully saturated rings. The van der Waals surface area contributed by atoms with Gasteiger partial charge in [0.05, 0.1) is 12.2 Å². The monoisotopic (exact) mass is 534 g/mol. The highest BCUT2D eigenvalue weighted by atomic mass is 127. The van der Waals surface area contributed by atoms with Crippen LogP contribution in [0.1, 0.15) is 33.6 Å². The average Bonchev–Trinajstić information content (AvgIpc) is 3.13. The van der Waals surface area contributed by atoms with Gasteiger partial charge in [-0.1, -0.05) is 0 Å². The van der Waals surface area contributed by atoms with E-state index in [1.54, 1.807) is 12.3 Å². The Morgan fingerprint density at radius 2 is 2.07 bits per heavy atom. The molecule has 1 aromatic heterocycles. The first-order valence-electron chi connectivity index (χ1n) is 10.8. The maximum Gasteiger partial charge on any atom is 0.191 e. The molecule has 3 rings (SSSR count). The van der Waals surface area contributed by atoms with E-state index < -0.39 is 0 Å². The highest BCUT2D eigenvalue weighted by Crippen LogP contribution is 2.20. The van der Waals surface area contributed by atoms with Crippen LogP contribution in [0.4, 0.5) is 10.2 Å². The van der Waals surface area contributed by atoms with Crippen molar-refractivity contribution in [1.29, 1.82) is 0 Å². The minimum Gasteiger partial charge on any atom is -0.373 e. The molecule has 3 unspecified atom stereocenters. The summed E-state index contributed by atoms with van der Waals surface area (Å²) in [5.74, 6) is 1.01. The Kier molecular flexibility index (Phi) is 10.5. The summed E-state index contributed by atoms with van der Waals surface area (Å²) < 4.78 is 19.8. The molecular weight excluding hydrogens is 498 g/mol. The molecule has 0 spiro atoms. The lowest BCUT2D eigenvalue weighted by Gasteiger charge is -2.35. The Morgan fingerprint density at radius 1 is 1.30 bits per heavy atom. The van der Waals surface area contributed by atoms with E-state index in [4.69, 9.17) is 9.73 Å². The number of pyridine rings is 1. The Hall–Kier alpha value is -1.20. The summed E-state index contributed by atoms with van der Waals surface area (Å²) in [5, 5.41) is 6.83. The van der Waals surface area contributed by atoms with Crippen molar-refractivity contribution in [3.63, 3.8) is 0 Å². The summed E-state index contributed by atoms with van der Waals surface area (Å²) >= 11 is 0. The normalized spacial score (nSPS) is 25.1. The molecule has 9 heteroatoms. The molecular formula is C21H36FIN6O. The van der Waals surface area contributed by atoms with E-state index in [2.05, 4.69) is 41.3 Å². The number of halogens is 2. The van der Waals surface area contributed by atoms with Crippen LogP contribution in [-0.4, -0.2) is 79.9 Å². The standard InChI is InChI=1S/C21H35FN6O.HI/c1-4-23-21(25-10-6-11-27-13-16(2)29-17(3)14-27)26-18-8-12-28(15-18)20-19(22)7-5-9-24-20;/h5,7,9,16-18H,4,6,8,10-15H2,1-3H3,(H2,23,25,26);1H. The maximum absolute atomic E-state index is 14.0. The maximum atomic E-state index is 14.0. The quantitative estimate of drug-likeness (QED) is 0.243. The summed E-state index contributed by atoms with van der Waals surface area (Å²) in [6.45, 7) is 12.5. The molecule has 0 saturated carbocycles. The van der Waals surface area contributed by atoms with E-state index in [1.807, 2.05) is 4.90 Å². The lowest BCUT2D eigenvalue weighted by Crippen LogP contribution is -2.46. The molecule has 2 aliphatic heterocycles. The summed E-state index contributed by atoms with van der Waals surface area (Å²) in [6.07, 6.45) is 4.20. The highest BCUT2D eigenvalue weighted by Gasteiger charge is 2.26. The molecule has 7 nitrogen and oxygen atoms in total. The van der Waals surface area contributed by atoms with Crippen LogP contribution in [-0.2, 0) is 4.74 Å². The smallest absolute Gasteiger partial charge is 0.191 e. The predicted octanol–water partition coefficient (Wildman–Crippen LogP) is 2.47. The van der Waals surface area contributed by atoms with Gasteiger partial charge in [-0.05, 0) is 45.7 Å². The van der Waals surface area contributed by atoms with Crippen molar-refractivity contribution in [3.05, 3.63) is 24.1 Å². The van der Waals surface area contributed by atoms with Crippen LogP contribution in [0.15, 0.2) is 23.3 Å². The Labute approximate surface area is 196 Å². The Morgan fingerprint density at radius 3 is 2.77 bits per heavy atom. The van der Waals surface area contributed by atoms with Crippen molar-refractivity contribution in [3.8, 4) is 0 Å². The number of hydrogen-bond acceptors (Lipinski definition) is 5. The van der Waals surface area contributed by atoms with Crippen LogP contribution in [0.25, 0.3) is 0 Å². The van der Waals surface area contributed by atoms with Gasteiger partial charge in [-0.3, -0.25) is 9.89 Å². The lowest BCUT2D eigenvalue weighted by molar-refractivity contribution is -0.0679. The molecule has 2 saturated heterocycles. The average molecular weight is 534 g/mol. The van der Waals surface area contributed by atoms with Gasteiger partial charge < -0.3 is 20.3 Å². The van der Waals surface area contributed by atoms with Gasteiger partial charge in [-0.25, -0.2) is 9.37 Å². The predicted molar refractivity (Wildman–Crippen MR) is 130 cm³/mol. The minimum absolute atomic E-state index is 0. The minimum atomic E-state index is -0.263. The van der Waals surface area contributed by atoms with E-state index in [-0.39, 0.29) is 35.8 Å². The topological polar surface area (TPSA) is 65.0 Å². The lowest BCUT2D eigenvalue weighted by atomic mass is 10.2. The first-order valence-corrected chi connectivity index (χ1v) is 10.8. The fourth-order valence-corrected chi connectivity index (χ4v) is 4.15. The molecule has 2 N–H and O–H groups in total. The van der Waals surface area contributed by atoms with Gasteiger partial charge in [0, 0.05) is 58.1 Å². The second-order valence-electron chi connectivity index (χ2n) is 8.02. The molecule has 0 bridgehead atoms. The largest absolute Gasteiger partial charge is 0.373 e. The van der Waals surface area contributed by atoms with Crippen LogP contribution in [0.5, 0.6) is 0 Å². The molecule has 0 amide bonds. The van der Waals surface area contributed by atoms with Gasteiger partial charge >= 0.3 is 0 Å². The molecule has 0 radical (unpaired) electrons. The number of nitrogens with one attached hydrogen (secondary N) is 2. The number of hydrogen-bond donors (Lipinski definition) is 2. The Balaban J connectivity index is 0.00000320. The second kappa shape index (κ2) is 12.6. The Bertz CT molecular complexity index is 669. The number of aromatic nitrogens is 1. The van der Waals surface area contributed by atoms with Crippen molar-refractivity contribution in [2.45, 2.75) is 51.9 Å². The molecule has 0 aliphatic carbocycles. The molecule has 0 aromatic carbocycles. The number of aliphatic imine (C=N–C) groups is 1. The summed E-state index contributed by atoms with van der Waals surface area (Å²) in [4.78, 5) is 13.4. The van der Waals surface area contributed by atoms with Gasteiger partial charge in [0.2, 0.25) is 0 Å². The van der Waals surface area contributed by atoms with Crippen molar-refractivity contribution >= 4 is 35.8 Å². The van der Waals surface area contributed by atoms with Crippen molar-refractivity contribution in [1.82, 2.24) is 20.5 Å². The van der Waals surface area contributed by atoms with E-state index in [0.717, 1.165) is 64.6 Å². The number of rotatable bonds is 7. The molecule has 3 atom stereocenters. The zero-order chi connectivity index (χ0) is 20.6. The third kappa shape index (κ3) is 7.49. The van der Waals surface area contributed by atoms with Crippen LogP contribution in [0, 0.1) is 5.82 Å². The summed E-state index contributed by atoms with van der Waals surface area (Å²) in [7, 11) is 0. The molecule has 170 valence electrons. The fraction of sp³-hybridized carbons (Fsp3) is 0.714. The van der Waals surface area contributed by atoms with E-state index in [9.17, 15) is 4.39 Å². The SMILES string of the molecule is CCNC(=NCCCN1CC(C)OC(C)C1)NC1CCN(c2ncccc2F)C1.I. The van der Waals surface area contributed by atoms with E-state index >= 15 is 0 Å². The van der Waals surface area contributed by atoms with Crippen LogP contribution < -0.4 is 15.5 Å². The van der Waals surface area contributed by atoms with E-state index in [0.29, 0.717) is 18.0 Å².